The van der Waals surface area contributed by atoms with Crippen LogP contribution in [0.3, 0.4) is 0 Å². The van der Waals surface area contributed by atoms with Crippen LogP contribution >= 0.6 is 0 Å². The van der Waals surface area contributed by atoms with Crippen molar-refractivity contribution in [3.8, 4) is 22.3 Å². The van der Waals surface area contributed by atoms with E-state index in [-0.39, 0.29) is 16.9 Å². The summed E-state index contributed by atoms with van der Waals surface area (Å²) in [5.41, 5.74) is 20.4. The maximum Gasteiger partial charge on any atom is 0.136 e. The molecule has 0 radical (unpaired) electrons. The SMILES string of the molecule is CC1(C)c2ccccc2C2C=C3C(=CC21)c1cc(-c2ccc(-c4cccc(C5C=C(c6ccc7c(c6)oc6ccccc67)NC(c6ccccc6)=N5)c4)cc2)ccc1C31CCCCC1. The van der Waals surface area contributed by atoms with Crippen molar-refractivity contribution in [3.05, 3.63) is 227 Å². The van der Waals surface area contributed by atoms with E-state index in [0.717, 1.165) is 50.2 Å². The zero-order valence-electron chi connectivity index (χ0n) is 36.4. The molecule has 1 spiro atoms. The first-order chi connectivity index (χ1) is 31.4. The summed E-state index contributed by atoms with van der Waals surface area (Å²) in [6.45, 7) is 4.93. The van der Waals surface area contributed by atoms with Crippen molar-refractivity contribution in [2.24, 2.45) is 10.9 Å². The second-order valence-electron chi connectivity index (χ2n) is 19.4. The minimum Gasteiger partial charge on any atom is -0.456 e. The fourth-order valence-corrected chi connectivity index (χ4v) is 12.4. The Bertz CT molecular complexity index is 3310. The Morgan fingerprint density at radius 2 is 1.25 bits per heavy atom. The molecule has 1 fully saturated rings. The number of benzene rings is 7. The van der Waals surface area contributed by atoms with Gasteiger partial charge in [-0.1, -0.05) is 179 Å². The molecule has 2 heterocycles. The summed E-state index contributed by atoms with van der Waals surface area (Å²) < 4.78 is 6.31. The average Bonchev–Trinajstić information content (AvgIpc) is 3.93. The number of fused-ring (bicyclic) bond motifs is 11. The molecule has 0 bridgehead atoms. The highest BCUT2D eigenvalue weighted by molar-refractivity contribution is 6.08. The molecule has 7 aromatic carbocycles. The minimum absolute atomic E-state index is 0.0949. The largest absolute Gasteiger partial charge is 0.456 e. The van der Waals surface area contributed by atoms with E-state index in [4.69, 9.17) is 9.41 Å². The van der Waals surface area contributed by atoms with Crippen molar-refractivity contribution >= 4 is 39.0 Å². The minimum atomic E-state index is -0.178. The lowest BCUT2D eigenvalue weighted by molar-refractivity contribution is 0.345. The van der Waals surface area contributed by atoms with Gasteiger partial charge in [0.05, 0.1) is 6.04 Å². The number of hydrogen-bond acceptors (Lipinski definition) is 3. The first-order valence-electron chi connectivity index (χ1n) is 23.3. The van der Waals surface area contributed by atoms with Gasteiger partial charge in [-0.15, -0.1) is 0 Å². The molecule has 1 aromatic heterocycles. The van der Waals surface area contributed by atoms with Crippen LogP contribution < -0.4 is 5.32 Å². The van der Waals surface area contributed by atoms with Gasteiger partial charge in [-0.3, -0.25) is 4.99 Å². The molecule has 13 rings (SSSR count). The number of amidine groups is 1. The van der Waals surface area contributed by atoms with Gasteiger partial charge >= 0.3 is 0 Å². The summed E-state index contributed by atoms with van der Waals surface area (Å²) >= 11 is 0. The molecule has 3 nitrogen and oxygen atoms in total. The van der Waals surface area contributed by atoms with Gasteiger partial charge in [0.25, 0.3) is 0 Å². The summed E-state index contributed by atoms with van der Waals surface area (Å²) in [4.78, 5) is 5.31. The highest BCUT2D eigenvalue weighted by Crippen LogP contribution is 2.63. The van der Waals surface area contributed by atoms with E-state index in [2.05, 4.69) is 183 Å². The lowest BCUT2D eigenvalue weighted by Gasteiger charge is -2.39. The molecule has 64 heavy (non-hydrogen) atoms. The fourth-order valence-electron chi connectivity index (χ4n) is 12.4. The van der Waals surface area contributed by atoms with Crippen LogP contribution in [0.4, 0.5) is 0 Å². The predicted octanol–water partition coefficient (Wildman–Crippen LogP) is 15.3. The van der Waals surface area contributed by atoms with Gasteiger partial charge in [0.1, 0.15) is 17.0 Å². The third-order valence-electron chi connectivity index (χ3n) is 15.6. The number of aliphatic imine (C=N–C) groups is 1. The second-order valence-corrected chi connectivity index (χ2v) is 19.4. The van der Waals surface area contributed by atoms with Crippen molar-refractivity contribution in [3.63, 3.8) is 0 Å². The molecule has 3 unspecified atom stereocenters. The molecule has 1 N–H and O–H groups in total. The smallest absolute Gasteiger partial charge is 0.136 e. The molecule has 0 amide bonds. The summed E-state index contributed by atoms with van der Waals surface area (Å²) in [6, 6.07) is 59.8. The molecule has 310 valence electrons. The summed E-state index contributed by atoms with van der Waals surface area (Å²) in [7, 11) is 0. The molecule has 0 saturated heterocycles. The molecule has 1 aliphatic heterocycles. The molecule has 3 atom stereocenters. The number of para-hydroxylation sites is 1. The molecular weight excluding hydrogens is 777 g/mol. The van der Waals surface area contributed by atoms with E-state index < -0.39 is 0 Å². The van der Waals surface area contributed by atoms with Crippen LogP contribution in [0.1, 0.15) is 96.9 Å². The van der Waals surface area contributed by atoms with Crippen molar-refractivity contribution in [2.75, 3.05) is 0 Å². The fraction of sp³-hybridized carbons (Fsp3) is 0.197. The van der Waals surface area contributed by atoms with Gasteiger partial charge < -0.3 is 9.73 Å². The van der Waals surface area contributed by atoms with Crippen molar-refractivity contribution in [2.45, 2.75) is 68.7 Å². The maximum atomic E-state index is 6.31. The first-order valence-corrected chi connectivity index (χ1v) is 23.3. The Morgan fingerprint density at radius 3 is 2.09 bits per heavy atom. The lowest BCUT2D eigenvalue weighted by Crippen LogP contribution is -2.31. The number of allylic oxidation sites excluding steroid dienone is 4. The van der Waals surface area contributed by atoms with Gasteiger partial charge in [-0.25, -0.2) is 0 Å². The first kappa shape index (κ1) is 37.6. The molecule has 3 heteroatoms. The summed E-state index contributed by atoms with van der Waals surface area (Å²) in [5, 5.41) is 5.94. The van der Waals surface area contributed by atoms with Crippen LogP contribution in [0.2, 0.25) is 0 Å². The van der Waals surface area contributed by atoms with Crippen molar-refractivity contribution < 1.29 is 4.42 Å². The highest BCUT2D eigenvalue weighted by Gasteiger charge is 2.52. The van der Waals surface area contributed by atoms with Gasteiger partial charge in [0.15, 0.2) is 0 Å². The number of nitrogens with one attached hydrogen (secondary N) is 1. The Labute approximate surface area is 375 Å². The zero-order chi connectivity index (χ0) is 42.6. The Hall–Kier alpha value is -6.97. The lowest BCUT2D eigenvalue weighted by atomic mass is 9.64. The van der Waals surface area contributed by atoms with Crippen molar-refractivity contribution in [1.82, 2.24) is 5.32 Å². The predicted molar refractivity (Wildman–Crippen MR) is 264 cm³/mol. The third kappa shape index (κ3) is 5.76. The van der Waals surface area contributed by atoms with Crippen LogP contribution in [0.5, 0.6) is 0 Å². The maximum absolute atomic E-state index is 6.31. The molecule has 4 aliphatic carbocycles. The Balaban J connectivity index is 0.833. The van der Waals surface area contributed by atoms with E-state index in [1.54, 1.807) is 11.1 Å². The van der Waals surface area contributed by atoms with Crippen LogP contribution in [0.15, 0.2) is 197 Å². The number of hydrogen-bond donors (Lipinski definition) is 1. The van der Waals surface area contributed by atoms with E-state index in [9.17, 15) is 0 Å². The van der Waals surface area contributed by atoms with Crippen LogP contribution in [0.25, 0.3) is 55.5 Å². The molecular formula is C61H50N2O. The van der Waals surface area contributed by atoms with Gasteiger partial charge in [0.2, 0.25) is 0 Å². The average molecular weight is 827 g/mol. The summed E-state index contributed by atoms with van der Waals surface area (Å²) in [5.74, 6) is 1.77. The van der Waals surface area contributed by atoms with E-state index in [0.29, 0.717) is 11.8 Å². The van der Waals surface area contributed by atoms with Gasteiger partial charge in [-0.05, 0) is 122 Å². The third-order valence-corrected chi connectivity index (χ3v) is 15.6. The number of furan rings is 1. The van der Waals surface area contributed by atoms with E-state index in [1.165, 1.54) is 76.6 Å². The second kappa shape index (κ2) is 14.3. The zero-order valence-corrected chi connectivity index (χ0v) is 36.4. The van der Waals surface area contributed by atoms with Gasteiger partial charge in [-0.2, -0.15) is 0 Å². The normalized spacial score (nSPS) is 21.2. The topological polar surface area (TPSA) is 37.5 Å². The van der Waals surface area contributed by atoms with Crippen LogP contribution in [-0.2, 0) is 10.8 Å². The van der Waals surface area contributed by atoms with Crippen LogP contribution in [0, 0.1) is 5.92 Å². The molecule has 8 aromatic rings. The Kier molecular flexibility index (Phi) is 8.38. The number of rotatable bonds is 5. The standard InChI is InChI=1S/C61H50N2O/c1-60(2)51-20-9-7-18-45(51)49-36-54-50(35-53(49)60)48-33-42(27-29-52(48)61(54)30-11-4-12-31-61)39-24-22-38(23-25-39)41-16-13-17-43(32-41)55-37-56(63-59(62-55)40-14-5-3-6-15-40)44-26-28-47-46-19-8-10-21-57(46)64-58(47)34-44/h3,5-10,13-29,32-37,49,53,55H,4,11-12,30-31H2,1-2H3,(H,62,63). The number of nitrogens with zero attached hydrogens (tertiary/aromatic N) is 1. The van der Waals surface area contributed by atoms with Gasteiger partial charge in [0, 0.05) is 38.9 Å². The van der Waals surface area contributed by atoms with Crippen molar-refractivity contribution in [1.29, 1.82) is 0 Å². The van der Waals surface area contributed by atoms with E-state index >= 15 is 0 Å². The van der Waals surface area contributed by atoms with E-state index in [1.807, 2.05) is 18.2 Å². The Morgan fingerprint density at radius 1 is 0.547 bits per heavy atom. The monoisotopic (exact) mass is 826 g/mol. The molecule has 1 saturated carbocycles. The summed E-state index contributed by atoms with van der Waals surface area (Å²) in [6.07, 6.45) is 14.1. The highest BCUT2D eigenvalue weighted by atomic mass is 16.3. The quantitative estimate of drug-likeness (QED) is 0.188. The molecule has 5 aliphatic rings. The van der Waals surface area contributed by atoms with Crippen LogP contribution in [-0.4, -0.2) is 5.84 Å².